The minimum absolute atomic E-state index is 0.114. The van der Waals surface area contributed by atoms with Gasteiger partial charge in [0, 0.05) is 32.9 Å². The van der Waals surface area contributed by atoms with Gasteiger partial charge in [0.15, 0.2) is 5.82 Å². The van der Waals surface area contributed by atoms with Gasteiger partial charge in [0.25, 0.3) is 0 Å². The Morgan fingerprint density at radius 3 is 1.91 bits per heavy atom. The van der Waals surface area contributed by atoms with Gasteiger partial charge in [-0.05, 0) is 85.3 Å². The van der Waals surface area contributed by atoms with Crippen LogP contribution in [0.25, 0.3) is 99.6 Å². The molecule has 0 N–H and O–H groups in total. The third-order valence-corrected chi connectivity index (χ3v) is 11.5. The van der Waals surface area contributed by atoms with Crippen molar-refractivity contribution < 1.29 is 4.42 Å². The van der Waals surface area contributed by atoms with Gasteiger partial charge in [0.05, 0.1) is 11.4 Å². The van der Waals surface area contributed by atoms with Crippen molar-refractivity contribution in [1.29, 1.82) is 0 Å². The average molecular weight is 691 g/mol. The molecule has 0 aliphatic heterocycles. The fourth-order valence-corrected chi connectivity index (χ4v) is 8.78. The maximum Gasteiger partial charge on any atom is 0.160 e. The minimum atomic E-state index is -0.114. The Morgan fingerprint density at radius 1 is 0.407 bits per heavy atom. The van der Waals surface area contributed by atoms with Gasteiger partial charge in [-0.1, -0.05) is 153 Å². The summed E-state index contributed by atoms with van der Waals surface area (Å²) in [6.45, 7) is 4.72. The van der Waals surface area contributed by atoms with E-state index in [4.69, 9.17) is 14.4 Å². The number of fused-ring (bicyclic) bond motifs is 9. The van der Waals surface area contributed by atoms with Gasteiger partial charge in [-0.15, -0.1) is 0 Å². The molecule has 0 bridgehead atoms. The van der Waals surface area contributed by atoms with E-state index >= 15 is 0 Å². The van der Waals surface area contributed by atoms with Crippen molar-refractivity contribution in [2.45, 2.75) is 19.3 Å². The third kappa shape index (κ3) is 4.61. The molecule has 1 aliphatic carbocycles. The van der Waals surface area contributed by atoms with Crippen molar-refractivity contribution >= 4 is 43.5 Å². The molecule has 0 radical (unpaired) electrons. The molecule has 54 heavy (non-hydrogen) atoms. The van der Waals surface area contributed by atoms with Crippen LogP contribution in [-0.2, 0) is 5.41 Å². The molecule has 2 aromatic heterocycles. The molecular weight excluding hydrogens is 657 g/mol. The van der Waals surface area contributed by atoms with Crippen molar-refractivity contribution in [1.82, 2.24) is 9.97 Å². The first-order chi connectivity index (χ1) is 26.5. The lowest BCUT2D eigenvalue weighted by molar-refractivity contribution is 0.661. The number of aromatic nitrogens is 2. The van der Waals surface area contributed by atoms with E-state index in [-0.39, 0.29) is 5.41 Å². The maximum absolute atomic E-state index is 6.29. The van der Waals surface area contributed by atoms with Crippen LogP contribution in [0.3, 0.4) is 0 Å². The lowest BCUT2D eigenvalue weighted by Gasteiger charge is -2.22. The van der Waals surface area contributed by atoms with Crippen LogP contribution in [0.4, 0.5) is 0 Å². The van der Waals surface area contributed by atoms with Gasteiger partial charge in [-0.25, -0.2) is 9.97 Å². The van der Waals surface area contributed by atoms with E-state index in [0.29, 0.717) is 5.82 Å². The average Bonchev–Trinajstić information content (AvgIpc) is 3.71. The van der Waals surface area contributed by atoms with Crippen molar-refractivity contribution in [3.05, 3.63) is 181 Å². The Kier molecular flexibility index (Phi) is 6.60. The van der Waals surface area contributed by atoms with Gasteiger partial charge in [-0.2, -0.15) is 0 Å². The van der Waals surface area contributed by atoms with Crippen LogP contribution >= 0.6 is 0 Å². The molecule has 3 nitrogen and oxygen atoms in total. The van der Waals surface area contributed by atoms with Crippen LogP contribution in [0, 0.1) is 0 Å². The standard InChI is InChI=1S/C51H34N2O/c1-51(2)43-27-22-31-12-6-7-15-36(31)49(43)42-24-20-33(28-44(42)51)35-25-26-39(38-17-9-8-16-37(35)38)46-30-45(52-50(53-46)32-13-4-3-5-14-32)34-21-23-41-40-18-10-11-19-47(40)54-48(41)29-34/h3-30H,1-2H3. The Balaban J connectivity index is 1.07. The number of rotatable bonds is 4. The summed E-state index contributed by atoms with van der Waals surface area (Å²) < 4.78 is 6.29. The first-order valence-corrected chi connectivity index (χ1v) is 18.6. The van der Waals surface area contributed by atoms with E-state index in [2.05, 4.69) is 153 Å². The second-order valence-electron chi connectivity index (χ2n) is 14.9. The van der Waals surface area contributed by atoms with E-state index in [1.54, 1.807) is 0 Å². The summed E-state index contributed by atoms with van der Waals surface area (Å²) in [5, 5.41) is 7.16. The lowest BCUT2D eigenvalue weighted by atomic mass is 9.81. The summed E-state index contributed by atoms with van der Waals surface area (Å²) in [5.74, 6) is 0.689. The Labute approximate surface area is 313 Å². The highest BCUT2D eigenvalue weighted by Gasteiger charge is 2.36. The molecule has 10 aromatic rings. The van der Waals surface area contributed by atoms with Crippen LogP contribution in [0.15, 0.2) is 174 Å². The highest BCUT2D eigenvalue weighted by atomic mass is 16.3. The van der Waals surface area contributed by atoms with Crippen molar-refractivity contribution in [3.8, 4) is 56.2 Å². The normalized spacial score (nSPS) is 13.1. The highest BCUT2D eigenvalue weighted by molar-refractivity contribution is 6.08. The Hall–Kier alpha value is -6.84. The summed E-state index contributed by atoms with van der Waals surface area (Å²) in [6.07, 6.45) is 0. The lowest BCUT2D eigenvalue weighted by Crippen LogP contribution is -2.15. The van der Waals surface area contributed by atoms with Crippen LogP contribution in [0.1, 0.15) is 25.0 Å². The van der Waals surface area contributed by atoms with Gasteiger partial charge >= 0.3 is 0 Å². The maximum atomic E-state index is 6.29. The predicted molar refractivity (Wildman–Crippen MR) is 224 cm³/mol. The molecule has 11 rings (SSSR count). The number of para-hydroxylation sites is 1. The number of benzene rings is 8. The van der Waals surface area contributed by atoms with Gasteiger partial charge < -0.3 is 4.42 Å². The van der Waals surface area contributed by atoms with Crippen molar-refractivity contribution in [2.24, 2.45) is 0 Å². The minimum Gasteiger partial charge on any atom is -0.456 e. The van der Waals surface area contributed by atoms with Gasteiger partial charge in [-0.3, -0.25) is 0 Å². The van der Waals surface area contributed by atoms with E-state index in [1.807, 2.05) is 30.3 Å². The number of hydrogen-bond acceptors (Lipinski definition) is 3. The van der Waals surface area contributed by atoms with Crippen molar-refractivity contribution in [3.63, 3.8) is 0 Å². The number of nitrogens with zero attached hydrogens (tertiary/aromatic N) is 2. The molecule has 0 atom stereocenters. The summed E-state index contributed by atoms with van der Waals surface area (Å²) in [6, 6.07) is 60.6. The highest BCUT2D eigenvalue weighted by Crippen LogP contribution is 2.52. The summed E-state index contributed by atoms with van der Waals surface area (Å²) >= 11 is 0. The molecule has 0 unspecified atom stereocenters. The summed E-state index contributed by atoms with van der Waals surface area (Å²) in [4.78, 5) is 10.4. The molecule has 254 valence electrons. The molecular formula is C51H34N2O. The smallest absolute Gasteiger partial charge is 0.160 e. The zero-order chi connectivity index (χ0) is 36.0. The third-order valence-electron chi connectivity index (χ3n) is 11.5. The predicted octanol–water partition coefficient (Wildman–Crippen LogP) is 13.7. The zero-order valence-corrected chi connectivity index (χ0v) is 30.0. The summed E-state index contributed by atoms with van der Waals surface area (Å²) in [5.41, 5.74) is 14.3. The Morgan fingerprint density at radius 2 is 1.06 bits per heavy atom. The van der Waals surface area contributed by atoms with E-state index in [9.17, 15) is 0 Å². The quantitative estimate of drug-likeness (QED) is 0.184. The Bertz CT molecular complexity index is 3130. The topological polar surface area (TPSA) is 38.9 Å². The first kappa shape index (κ1) is 30.8. The molecule has 2 heterocycles. The van der Waals surface area contributed by atoms with Crippen molar-refractivity contribution in [2.75, 3.05) is 0 Å². The van der Waals surface area contributed by atoms with E-state index in [1.165, 1.54) is 49.5 Å². The van der Waals surface area contributed by atoms with Crippen LogP contribution in [0.2, 0.25) is 0 Å². The SMILES string of the molecule is CC1(C)c2cc(-c3ccc(-c4cc(-c5ccc6c(c5)oc5ccccc56)nc(-c5ccccc5)n4)c4ccccc34)ccc2-c2c1ccc1ccccc21. The van der Waals surface area contributed by atoms with E-state index in [0.717, 1.165) is 55.4 Å². The molecule has 1 aliphatic rings. The largest absolute Gasteiger partial charge is 0.456 e. The summed E-state index contributed by atoms with van der Waals surface area (Å²) in [7, 11) is 0. The fraction of sp³-hybridized carbons (Fsp3) is 0.0588. The van der Waals surface area contributed by atoms with E-state index < -0.39 is 0 Å². The van der Waals surface area contributed by atoms with Gasteiger partial charge in [0.1, 0.15) is 11.2 Å². The molecule has 0 fully saturated rings. The number of furan rings is 1. The molecule has 0 amide bonds. The van der Waals surface area contributed by atoms with Gasteiger partial charge in [0.2, 0.25) is 0 Å². The van der Waals surface area contributed by atoms with Crippen LogP contribution in [-0.4, -0.2) is 9.97 Å². The van der Waals surface area contributed by atoms with Crippen LogP contribution in [0.5, 0.6) is 0 Å². The second-order valence-corrected chi connectivity index (χ2v) is 14.9. The molecule has 0 saturated carbocycles. The van der Waals surface area contributed by atoms with Crippen LogP contribution < -0.4 is 0 Å². The molecule has 0 spiro atoms. The number of hydrogen-bond donors (Lipinski definition) is 0. The second kappa shape index (κ2) is 11.6. The fourth-order valence-electron chi connectivity index (χ4n) is 8.78. The first-order valence-electron chi connectivity index (χ1n) is 18.6. The zero-order valence-electron chi connectivity index (χ0n) is 30.0. The monoisotopic (exact) mass is 690 g/mol. The molecule has 3 heteroatoms. The molecule has 0 saturated heterocycles. The molecule has 8 aromatic carbocycles.